The Morgan fingerprint density at radius 1 is 1.08 bits per heavy atom. The lowest BCUT2D eigenvalue weighted by Crippen LogP contribution is -2.20. The van der Waals surface area contributed by atoms with Gasteiger partial charge in [0.1, 0.15) is 0 Å². The van der Waals surface area contributed by atoms with Gasteiger partial charge < -0.3 is 14.9 Å². The molecular formula is C31H40O5. The number of aliphatic hydroxyl groups excluding tert-OH is 2. The monoisotopic (exact) mass is 492 g/mol. The van der Waals surface area contributed by atoms with Crippen LogP contribution < -0.4 is 0 Å². The van der Waals surface area contributed by atoms with Crippen molar-refractivity contribution < 1.29 is 24.5 Å². The van der Waals surface area contributed by atoms with E-state index in [1.54, 1.807) is 0 Å². The van der Waals surface area contributed by atoms with E-state index >= 15 is 0 Å². The number of benzene rings is 1. The fourth-order valence-electron chi connectivity index (χ4n) is 4.87. The van der Waals surface area contributed by atoms with Crippen molar-refractivity contribution in [2.75, 3.05) is 0 Å². The van der Waals surface area contributed by atoms with Gasteiger partial charge in [-0.3, -0.25) is 9.59 Å². The number of hydrogen-bond acceptors (Lipinski definition) is 5. The van der Waals surface area contributed by atoms with Crippen molar-refractivity contribution in [2.45, 2.75) is 89.3 Å². The van der Waals surface area contributed by atoms with Crippen LogP contribution in [0.1, 0.15) is 76.2 Å². The Morgan fingerprint density at radius 2 is 1.81 bits per heavy atom. The first-order valence-corrected chi connectivity index (χ1v) is 13.1. The van der Waals surface area contributed by atoms with Crippen LogP contribution in [0.2, 0.25) is 0 Å². The molecule has 194 valence electrons. The van der Waals surface area contributed by atoms with E-state index in [1.165, 1.54) is 5.56 Å². The smallest absolute Gasteiger partial charge is 0.318 e. The molecular weight excluding hydrogens is 452 g/mol. The number of hydrogen-bond donors (Lipinski definition) is 2. The molecule has 0 amide bonds. The molecule has 0 unspecified atom stereocenters. The van der Waals surface area contributed by atoms with Crippen LogP contribution in [-0.2, 0) is 20.7 Å². The fourth-order valence-corrected chi connectivity index (χ4v) is 4.87. The summed E-state index contributed by atoms with van der Waals surface area (Å²) in [4.78, 5) is 23.9. The summed E-state index contributed by atoms with van der Waals surface area (Å²) in [6.45, 7) is 0. The first-order valence-electron chi connectivity index (χ1n) is 13.1. The molecule has 0 spiro atoms. The Balaban J connectivity index is 1.64. The van der Waals surface area contributed by atoms with Crippen LogP contribution in [0.4, 0.5) is 0 Å². The van der Waals surface area contributed by atoms with Crippen molar-refractivity contribution in [2.24, 2.45) is 17.8 Å². The van der Waals surface area contributed by atoms with Crippen molar-refractivity contribution in [3.8, 4) is 24.7 Å². The van der Waals surface area contributed by atoms with E-state index in [9.17, 15) is 19.8 Å². The van der Waals surface area contributed by atoms with E-state index in [1.807, 2.05) is 24.3 Å². The molecule has 1 aromatic carbocycles. The molecule has 1 aromatic rings. The largest absolute Gasteiger partial charge is 0.393 e. The molecule has 1 fully saturated rings. The highest BCUT2D eigenvalue weighted by molar-refractivity contribution is 5.87. The van der Waals surface area contributed by atoms with Crippen LogP contribution in [0.25, 0.3) is 0 Å². The van der Waals surface area contributed by atoms with Gasteiger partial charge in [-0.2, -0.15) is 0 Å². The van der Waals surface area contributed by atoms with Gasteiger partial charge in [0.2, 0.25) is 0 Å². The SMILES string of the molecule is C#CCC(CC#C)C(=O)OC(=O)CCC/C=C\C[C@@H]1[C@@H](CC[C@@H](O)CCc2ccccc2)CC[C@@H]1O. The quantitative estimate of drug-likeness (QED) is 0.118. The van der Waals surface area contributed by atoms with Crippen LogP contribution in [0.5, 0.6) is 0 Å². The Bertz CT molecular complexity index is 891. The standard InChI is InChI=1S/C31H40O5/c1-3-12-26(13-4-2)31(35)36-30(34)17-11-6-5-10-16-28-25(20-23-29(28)33)19-22-27(32)21-18-24-14-8-7-9-15-24/h1-2,5,7-10,14-15,25-29,32-33H,6,11-13,16-23H2/b10-5-/t25-,27-,28+,29-/m0/s1. The highest BCUT2D eigenvalue weighted by atomic mass is 16.6. The Morgan fingerprint density at radius 3 is 2.50 bits per heavy atom. The van der Waals surface area contributed by atoms with Gasteiger partial charge in [0.05, 0.1) is 18.1 Å². The molecule has 2 rings (SSSR count). The molecule has 0 saturated heterocycles. The highest BCUT2D eigenvalue weighted by Crippen LogP contribution is 2.38. The minimum Gasteiger partial charge on any atom is -0.393 e. The number of aliphatic hydroxyl groups is 2. The first kappa shape index (κ1) is 29.4. The number of carbonyl (C=O) groups is 2. The maximum atomic E-state index is 12.0. The second-order valence-electron chi connectivity index (χ2n) is 9.73. The summed E-state index contributed by atoms with van der Waals surface area (Å²) in [5, 5.41) is 20.9. The van der Waals surface area contributed by atoms with E-state index in [0.29, 0.717) is 18.8 Å². The number of allylic oxidation sites excluding steroid dienone is 2. The van der Waals surface area contributed by atoms with Crippen molar-refractivity contribution in [1.82, 2.24) is 0 Å². The average molecular weight is 493 g/mol. The molecule has 1 aliphatic carbocycles. The van der Waals surface area contributed by atoms with E-state index in [-0.39, 0.29) is 37.4 Å². The number of aryl methyl sites for hydroxylation is 1. The van der Waals surface area contributed by atoms with Gasteiger partial charge in [-0.15, -0.1) is 24.7 Å². The minimum absolute atomic E-state index is 0.143. The molecule has 0 heterocycles. The number of rotatable bonds is 15. The van der Waals surface area contributed by atoms with Gasteiger partial charge >= 0.3 is 11.9 Å². The second kappa shape index (κ2) is 16.7. The fraction of sp³-hybridized carbons (Fsp3) is 0.548. The lowest BCUT2D eigenvalue weighted by atomic mass is 9.86. The summed E-state index contributed by atoms with van der Waals surface area (Å²) in [7, 11) is 0. The third kappa shape index (κ3) is 10.8. The van der Waals surface area contributed by atoms with E-state index in [4.69, 9.17) is 17.6 Å². The Labute approximate surface area is 216 Å². The van der Waals surface area contributed by atoms with Crippen LogP contribution in [0.3, 0.4) is 0 Å². The van der Waals surface area contributed by atoms with Gasteiger partial charge in [-0.25, -0.2) is 0 Å². The average Bonchev–Trinajstić information content (AvgIpc) is 3.23. The van der Waals surface area contributed by atoms with Crippen molar-refractivity contribution in [3.05, 3.63) is 48.0 Å². The zero-order valence-corrected chi connectivity index (χ0v) is 21.2. The molecule has 5 heteroatoms. The van der Waals surface area contributed by atoms with Gasteiger partial charge in [-0.05, 0) is 75.2 Å². The highest BCUT2D eigenvalue weighted by Gasteiger charge is 2.33. The van der Waals surface area contributed by atoms with Crippen LogP contribution in [0.15, 0.2) is 42.5 Å². The summed E-state index contributed by atoms with van der Waals surface area (Å²) in [5.41, 5.74) is 1.24. The molecule has 4 atom stereocenters. The molecule has 0 radical (unpaired) electrons. The molecule has 2 N–H and O–H groups in total. The first-order chi connectivity index (χ1) is 17.4. The molecule has 1 aliphatic rings. The maximum Gasteiger partial charge on any atom is 0.318 e. The van der Waals surface area contributed by atoms with Crippen molar-refractivity contribution in [3.63, 3.8) is 0 Å². The number of esters is 2. The molecule has 0 aliphatic heterocycles. The Hall–Kier alpha value is -2.86. The zero-order chi connectivity index (χ0) is 26.2. The van der Waals surface area contributed by atoms with Gasteiger partial charge in [-0.1, -0.05) is 42.5 Å². The zero-order valence-electron chi connectivity index (χ0n) is 21.2. The van der Waals surface area contributed by atoms with Crippen molar-refractivity contribution in [1.29, 1.82) is 0 Å². The van der Waals surface area contributed by atoms with Crippen LogP contribution in [-0.4, -0.2) is 34.4 Å². The van der Waals surface area contributed by atoms with E-state index in [2.05, 4.69) is 30.0 Å². The topological polar surface area (TPSA) is 83.8 Å². The summed E-state index contributed by atoms with van der Waals surface area (Å²) >= 11 is 0. The summed E-state index contributed by atoms with van der Waals surface area (Å²) in [6.07, 6.45) is 21.5. The van der Waals surface area contributed by atoms with Crippen LogP contribution >= 0.6 is 0 Å². The summed E-state index contributed by atoms with van der Waals surface area (Å²) in [6, 6.07) is 10.2. The molecule has 0 bridgehead atoms. The number of ether oxygens (including phenoxy) is 1. The predicted octanol–water partition coefficient (Wildman–Crippen LogP) is 5.00. The van der Waals surface area contributed by atoms with Gasteiger partial charge in [0.25, 0.3) is 0 Å². The molecule has 1 saturated carbocycles. The second-order valence-corrected chi connectivity index (χ2v) is 9.73. The predicted molar refractivity (Wildman–Crippen MR) is 141 cm³/mol. The van der Waals surface area contributed by atoms with Crippen molar-refractivity contribution >= 4 is 11.9 Å². The number of terminal acetylenes is 2. The molecule has 0 aromatic heterocycles. The van der Waals surface area contributed by atoms with Gasteiger partial charge in [0.15, 0.2) is 0 Å². The maximum absolute atomic E-state index is 12.0. The van der Waals surface area contributed by atoms with Crippen LogP contribution in [0, 0.1) is 42.4 Å². The molecule has 5 nitrogen and oxygen atoms in total. The lowest BCUT2D eigenvalue weighted by molar-refractivity contribution is -0.162. The molecule has 36 heavy (non-hydrogen) atoms. The van der Waals surface area contributed by atoms with Gasteiger partial charge in [0, 0.05) is 19.3 Å². The number of unbranched alkanes of at least 4 members (excludes halogenated alkanes) is 1. The normalized spacial score (nSPS) is 20.2. The van der Waals surface area contributed by atoms with E-state index in [0.717, 1.165) is 44.9 Å². The minimum atomic E-state index is -0.655. The third-order valence-electron chi connectivity index (χ3n) is 7.02. The Kier molecular flexibility index (Phi) is 13.7. The third-order valence-corrected chi connectivity index (χ3v) is 7.02. The number of carbonyl (C=O) groups excluding carboxylic acids is 2. The lowest BCUT2D eigenvalue weighted by Gasteiger charge is -2.22. The van der Waals surface area contributed by atoms with E-state index < -0.39 is 17.9 Å². The summed E-state index contributed by atoms with van der Waals surface area (Å²) in [5.74, 6) is 3.52. The summed E-state index contributed by atoms with van der Waals surface area (Å²) < 4.78 is 4.88.